The molecule has 0 aliphatic heterocycles. The van der Waals surface area contributed by atoms with E-state index in [-0.39, 0.29) is 11.7 Å². The second-order valence-electron chi connectivity index (χ2n) is 4.51. The minimum atomic E-state index is 0.164. The predicted molar refractivity (Wildman–Crippen MR) is 67.3 cm³/mol. The van der Waals surface area contributed by atoms with Gasteiger partial charge in [0, 0.05) is 11.5 Å². The first-order valence-corrected chi connectivity index (χ1v) is 6.34. The molecule has 0 saturated heterocycles. The van der Waals surface area contributed by atoms with Crippen LogP contribution in [-0.2, 0) is 0 Å². The van der Waals surface area contributed by atoms with Crippen molar-refractivity contribution < 1.29 is 4.79 Å². The van der Waals surface area contributed by atoms with Gasteiger partial charge in [-0.3, -0.25) is 4.79 Å². The molecule has 2 atom stereocenters. The topological polar surface area (TPSA) is 17.1 Å². The zero-order valence-corrected chi connectivity index (χ0v) is 10.7. The molecule has 1 aliphatic carbocycles. The Morgan fingerprint density at radius 1 is 1.25 bits per heavy atom. The van der Waals surface area contributed by atoms with Gasteiger partial charge in [0.25, 0.3) is 0 Å². The van der Waals surface area contributed by atoms with Gasteiger partial charge in [0.15, 0.2) is 5.78 Å². The van der Waals surface area contributed by atoms with E-state index in [2.05, 4.69) is 6.92 Å². The molecular weight excluding hydrogens is 243 g/mol. The summed E-state index contributed by atoms with van der Waals surface area (Å²) in [4.78, 5) is 12.2. The Bertz CT molecular complexity index is 414. The summed E-state index contributed by atoms with van der Waals surface area (Å²) in [5.41, 5.74) is 0.688. The molecule has 0 heterocycles. The molecule has 0 amide bonds. The highest BCUT2D eigenvalue weighted by molar-refractivity contribution is 6.42. The number of halogens is 2. The second-order valence-corrected chi connectivity index (χ2v) is 5.32. The minimum absolute atomic E-state index is 0.164. The van der Waals surface area contributed by atoms with Gasteiger partial charge in [-0.25, -0.2) is 0 Å². The molecule has 0 aromatic heterocycles. The monoisotopic (exact) mass is 256 g/mol. The summed E-state index contributed by atoms with van der Waals surface area (Å²) in [5.74, 6) is 0.864. The van der Waals surface area contributed by atoms with E-state index in [0.29, 0.717) is 21.5 Å². The van der Waals surface area contributed by atoms with Crippen molar-refractivity contribution in [1.82, 2.24) is 0 Å². The van der Waals surface area contributed by atoms with E-state index in [1.807, 2.05) is 0 Å². The molecule has 0 spiro atoms. The highest BCUT2D eigenvalue weighted by atomic mass is 35.5. The molecule has 86 valence electrons. The standard InChI is InChI=1S/C13H14Cl2O/c1-8-3-2-4-10(8)13(16)9-5-6-11(14)12(15)7-9/h5-8,10H,2-4H2,1H3. The van der Waals surface area contributed by atoms with Crippen molar-refractivity contribution in [2.45, 2.75) is 26.2 Å². The normalized spacial score (nSPS) is 24.7. The largest absolute Gasteiger partial charge is 0.294 e. The van der Waals surface area contributed by atoms with Gasteiger partial charge in [0.05, 0.1) is 10.0 Å². The zero-order valence-electron chi connectivity index (χ0n) is 9.17. The van der Waals surface area contributed by atoms with Crippen molar-refractivity contribution in [2.24, 2.45) is 11.8 Å². The lowest BCUT2D eigenvalue weighted by Gasteiger charge is -2.14. The third-order valence-electron chi connectivity index (χ3n) is 3.40. The van der Waals surface area contributed by atoms with E-state index >= 15 is 0 Å². The number of Topliss-reactive ketones (excluding diaryl/α,β-unsaturated/α-hetero) is 1. The molecule has 0 radical (unpaired) electrons. The molecule has 1 saturated carbocycles. The molecular formula is C13H14Cl2O. The Morgan fingerprint density at radius 3 is 2.56 bits per heavy atom. The van der Waals surface area contributed by atoms with Crippen LogP contribution < -0.4 is 0 Å². The Balaban J connectivity index is 2.23. The lowest BCUT2D eigenvalue weighted by molar-refractivity contribution is 0.0897. The first-order chi connectivity index (χ1) is 7.59. The van der Waals surface area contributed by atoms with Crippen LogP contribution in [-0.4, -0.2) is 5.78 Å². The summed E-state index contributed by atoms with van der Waals surface area (Å²) in [6.45, 7) is 2.15. The van der Waals surface area contributed by atoms with E-state index in [9.17, 15) is 4.79 Å². The maximum absolute atomic E-state index is 12.2. The Labute approximate surface area is 106 Å². The highest BCUT2D eigenvalue weighted by Crippen LogP contribution is 2.34. The molecule has 1 nitrogen and oxygen atoms in total. The third kappa shape index (κ3) is 2.26. The van der Waals surface area contributed by atoms with Crippen molar-refractivity contribution in [2.75, 3.05) is 0 Å². The number of hydrogen-bond donors (Lipinski definition) is 0. The average Bonchev–Trinajstić information content (AvgIpc) is 2.67. The smallest absolute Gasteiger partial charge is 0.166 e. The van der Waals surface area contributed by atoms with Crippen LogP contribution in [0.15, 0.2) is 18.2 Å². The number of carbonyl (C=O) groups is 1. The Hall–Kier alpha value is -0.530. The average molecular weight is 257 g/mol. The fraction of sp³-hybridized carbons (Fsp3) is 0.462. The SMILES string of the molecule is CC1CCCC1C(=O)c1ccc(Cl)c(Cl)c1. The van der Waals surface area contributed by atoms with Gasteiger partial charge in [0.2, 0.25) is 0 Å². The van der Waals surface area contributed by atoms with E-state index < -0.39 is 0 Å². The van der Waals surface area contributed by atoms with Crippen LogP contribution >= 0.6 is 23.2 Å². The predicted octanol–water partition coefficient (Wildman–Crippen LogP) is 4.61. The van der Waals surface area contributed by atoms with Crippen molar-refractivity contribution in [1.29, 1.82) is 0 Å². The third-order valence-corrected chi connectivity index (χ3v) is 4.14. The quantitative estimate of drug-likeness (QED) is 0.707. The van der Waals surface area contributed by atoms with Gasteiger partial charge >= 0.3 is 0 Å². The van der Waals surface area contributed by atoms with Gasteiger partial charge in [-0.05, 0) is 37.0 Å². The van der Waals surface area contributed by atoms with Crippen molar-refractivity contribution >= 4 is 29.0 Å². The summed E-state index contributed by atoms with van der Waals surface area (Å²) in [7, 11) is 0. The van der Waals surface area contributed by atoms with E-state index in [1.165, 1.54) is 0 Å². The van der Waals surface area contributed by atoms with Crippen molar-refractivity contribution in [3.63, 3.8) is 0 Å². The van der Waals surface area contributed by atoms with Crippen LogP contribution in [0.5, 0.6) is 0 Å². The molecule has 2 rings (SSSR count). The van der Waals surface area contributed by atoms with Crippen LogP contribution in [0.4, 0.5) is 0 Å². The molecule has 1 aromatic rings. The molecule has 0 N–H and O–H groups in total. The molecule has 2 unspecified atom stereocenters. The molecule has 16 heavy (non-hydrogen) atoms. The molecule has 3 heteroatoms. The Kier molecular flexibility index (Phi) is 3.56. The lowest BCUT2D eigenvalue weighted by atomic mass is 9.90. The molecule has 1 aromatic carbocycles. The van der Waals surface area contributed by atoms with Gasteiger partial charge < -0.3 is 0 Å². The zero-order chi connectivity index (χ0) is 11.7. The van der Waals surface area contributed by atoms with E-state index in [4.69, 9.17) is 23.2 Å². The van der Waals surface area contributed by atoms with Gasteiger partial charge in [-0.1, -0.05) is 36.5 Å². The Morgan fingerprint density at radius 2 is 2.00 bits per heavy atom. The van der Waals surface area contributed by atoms with Crippen molar-refractivity contribution in [3.8, 4) is 0 Å². The maximum Gasteiger partial charge on any atom is 0.166 e. The number of benzene rings is 1. The number of ketones is 1. The highest BCUT2D eigenvalue weighted by Gasteiger charge is 2.30. The molecule has 1 fully saturated rings. The fourth-order valence-electron chi connectivity index (χ4n) is 2.40. The molecule has 1 aliphatic rings. The number of hydrogen-bond acceptors (Lipinski definition) is 1. The summed E-state index contributed by atoms with van der Waals surface area (Å²) in [5, 5.41) is 0.954. The summed E-state index contributed by atoms with van der Waals surface area (Å²) in [6, 6.07) is 5.13. The van der Waals surface area contributed by atoms with Crippen molar-refractivity contribution in [3.05, 3.63) is 33.8 Å². The van der Waals surface area contributed by atoms with Crippen LogP contribution in [0.3, 0.4) is 0 Å². The van der Waals surface area contributed by atoms with E-state index in [1.54, 1.807) is 18.2 Å². The van der Waals surface area contributed by atoms with Crippen LogP contribution in [0, 0.1) is 11.8 Å². The van der Waals surface area contributed by atoms with Gasteiger partial charge in [0.1, 0.15) is 0 Å². The maximum atomic E-state index is 12.2. The summed E-state index contributed by atoms with van der Waals surface area (Å²) in [6.07, 6.45) is 3.30. The molecule has 0 bridgehead atoms. The number of carbonyl (C=O) groups excluding carboxylic acids is 1. The first-order valence-electron chi connectivity index (χ1n) is 5.59. The van der Waals surface area contributed by atoms with Gasteiger partial charge in [-0.2, -0.15) is 0 Å². The van der Waals surface area contributed by atoms with Crippen LogP contribution in [0.1, 0.15) is 36.5 Å². The lowest BCUT2D eigenvalue weighted by Crippen LogP contribution is -2.17. The van der Waals surface area contributed by atoms with Crippen LogP contribution in [0.2, 0.25) is 10.0 Å². The van der Waals surface area contributed by atoms with Gasteiger partial charge in [-0.15, -0.1) is 0 Å². The fourth-order valence-corrected chi connectivity index (χ4v) is 2.70. The minimum Gasteiger partial charge on any atom is -0.294 e. The first kappa shape index (κ1) is 11.9. The second kappa shape index (κ2) is 4.77. The number of rotatable bonds is 2. The summed E-state index contributed by atoms with van der Waals surface area (Å²) >= 11 is 11.7. The summed E-state index contributed by atoms with van der Waals surface area (Å²) < 4.78 is 0. The van der Waals surface area contributed by atoms with Crippen LogP contribution in [0.25, 0.3) is 0 Å². The van der Waals surface area contributed by atoms with E-state index in [0.717, 1.165) is 19.3 Å².